The van der Waals surface area contributed by atoms with E-state index in [9.17, 15) is 0 Å². The molecule has 1 nitrogen and oxygen atoms in total. The number of thiophene rings is 1. The van der Waals surface area contributed by atoms with E-state index in [0.717, 1.165) is 15.1 Å². The van der Waals surface area contributed by atoms with Gasteiger partial charge in [0, 0.05) is 10.4 Å². The van der Waals surface area contributed by atoms with E-state index in [1.807, 2.05) is 18.2 Å². The lowest BCUT2D eigenvalue weighted by atomic mass is 10.0. The fourth-order valence-electron chi connectivity index (χ4n) is 1.75. The molecular weight excluding hydrogens is 364 g/mol. The standard InChI is InChI=1S/C13H12Br2OS/c1-8-10(7-12(14)17-8)13(15)9-5-3-4-6-11(9)16-2/h3-7,13H,1-2H3. The monoisotopic (exact) mass is 374 g/mol. The van der Waals surface area contributed by atoms with Gasteiger partial charge in [0.2, 0.25) is 0 Å². The molecule has 90 valence electrons. The SMILES string of the molecule is COc1ccccc1C(Br)c1cc(Br)sc1C. The summed E-state index contributed by atoms with van der Waals surface area (Å²) in [6.45, 7) is 2.13. The summed E-state index contributed by atoms with van der Waals surface area (Å²) >= 11 is 9.03. The predicted octanol–water partition coefficient (Wildman–Crippen LogP) is 5.31. The molecule has 0 aliphatic heterocycles. The zero-order valence-corrected chi connectivity index (χ0v) is 13.5. The number of hydrogen-bond donors (Lipinski definition) is 0. The van der Waals surface area contributed by atoms with Crippen molar-refractivity contribution >= 4 is 43.2 Å². The minimum atomic E-state index is 0.168. The number of hydrogen-bond acceptors (Lipinski definition) is 2. The lowest BCUT2D eigenvalue weighted by Crippen LogP contribution is -1.96. The van der Waals surface area contributed by atoms with E-state index in [4.69, 9.17) is 4.74 Å². The highest BCUT2D eigenvalue weighted by Crippen LogP contribution is 2.41. The lowest BCUT2D eigenvalue weighted by molar-refractivity contribution is 0.410. The average molecular weight is 376 g/mol. The third kappa shape index (κ3) is 2.75. The number of para-hydroxylation sites is 1. The summed E-state index contributed by atoms with van der Waals surface area (Å²) in [6, 6.07) is 10.2. The number of methoxy groups -OCH3 is 1. The minimum absolute atomic E-state index is 0.168. The van der Waals surface area contributed by atoms with E-state index < -0.39 is 0 Å². The van der Waals surface area contributed by atoms with Gasteiger partial charge in [-0.1, -0.05) is 34.1 Å². The fraction of sp³-hybridized carbons (Fsp3) is 0.231. The Bertz CT molecular complexity index is 522. The van der Waals surface area contributed by atoms with Gasteiger partial charge in [0.1, 0.15) is 5.75 Å². The summed E-state index contributed by atoms with van der Waals surface area (Å²) in [7, 11) is 1.70. The second kappa shape index (κ2) is 5.55. The number of halogens is 2. The third-order valence-corrected chi connectivity index (χ3v) is 5.17. The Morgan fingerprint density at radius 1 is 1.24 bits per heavy atom. The van der Waals surface area contributed by atoms with Gasteiger partial charge in [-0.25, -0.2) is 0 Å². The van der Waals surface area contributed by atoms with E-state index in [1.165, 1.54) is 10.4 Å². The lowest BCUT2D eigenvalue weighted by Gasteiger charge is -2.14. The van der Waals surface area contributed by atoms with Crippen molar-refractivity contribution in [1.29, 1.82) is 0 Å². The van der Waals surface area contributed by atoms with Crippen LogP contribution in [0.5, 0.6) is 5.75 Å². The first kappa shape index (κ1) is 13.1. The fourth-order valence-corrected chi connectivity index (χ4v) is 4.51. The first-order valence-corrected chi connectivity index (χ1v) is 7.69. The van der Waals surface area contributed by atoms with E-state index >= 15 is 0 Å². The summed E-state index contributed by atoms with van der Waals surface area (Å²) in [6.07, 6.45) is 0. The van der Waals surface area contributed by atoms with Crippen LogP contribution in [0, 0.1) is 6.92 Å². The van der Waals surface area contributed by atoms with Crippen LogP contribution in [0.15, 0.2) is 34.1 Å². The molecule has 4 heteroatoms. The Morgan fingerprint density at radius 3 is 2.53 bits per heavy atom. The average Bonchev–Trinajstić information content (AvgIpc) is 2.67. The van der Waals surface area contributed by atoms with Crippen molar-refractivity contribution in [3.05, 3.63) is 50.1 Å². The molecule has 17 heavy (non-hydrogen) atoms. The van der Waals surface area contributed by atoms with E-state index in [2.05, 4.69) is 50.9 Å². The quantitative estimate of drug-likeness (QED) is 0.660. The van der Waals surface area contributed by atoms with Gasteiger partial charge in [0.15, 0.2) is 0 Å². The molecule has 0 fully saturated rings. The van der Waals surface area contributed by atoms with E-state index in [0.29, 0.717) is 0 Å². The van der Waals surface area contributed by atoms with Crippen molar-refractivity contribution in [3.8, 4) is 5.75 Å². The Kier molecular flexibility index (Phi) is 4.28. The largest absolute Gasteiger partial charge is 0.496 e. The normalized spacial score (nSPS) is 12.5. The molecule has 0 N–H and O–H groups in total. The molecule has 1 atom stereocenters. The van der Waals surface area contributed by atoms with Gasteiger partial charge in [0.25, 0.3) is 0 Å². The molecule has 0 saturated heterocycles. The number of aryl methyl sites for hydroxylation is 1. The summed E-state index contributed by atoms with van der Waals surface area (Å²) < 4.78 is 6.55. The minimum Gasteiger partial charge on any atom is -0.496 e. The van der Waals surface area contributed by atoms with Gasteiger partial charge >= 0.3 is 0 Å². The van der Waals surface area contributed by atoms with Gasteiger partial charge in [0.05, 0.1) is 15.7 Å². The van der Waals surface area contributed by atoms with Crippen LogP contribution < -0.4 is 4.74 Å². The molecule has 1 unspecified atom stereocenters. The highest BCUT2D eigenvalue weighted by molar-refractivity contribution is 9.11. The predicted molar refractivity (Wildman–Crippen MR) is 80.5 cm³/mol. The van der Waals surface area contributed by atoms with Gasteiger partial charge in [-0.3, -0.25) is 0 Å². The molecular formula is C13H12Br2OS. The van der Waals surface area contributed by atoms with Crippen LogP contribution in [0.25, 0.3) is 0 Å². The molecule has 0 spiro atoms. The summed E-state index contributed by atoms with van der Waals surface area (Å²) in [5.41, 5.74) is 2.44. The van der Waals surface area contributed by atoms with Crippen LogP contribution in [0.1, 0.15) is 20.8 Å². The van der Waals surface area contributed by atoms with Crippen LogP contribution >= 0.6 is 43.2 Å². The van der Waals surface area contributed by atoms with Crippen LogP contribution in [0.2, 0.25) is 0 Å². The molecule has 0 aliphatic rings. The maximum atomic E-state index is 5.40. The van der Waals surface area contributed by atoms with Crippen molar-refractivity contribution in [3.63, 3.8) is 0 Å². The maximum absolute atomic E-state index is 5.40. The van der Waals surface area contributed by atoms with Gasteiger partial charge in [-0.05, 0) is 40.5 Å². The van der Waals surface area contributed by atoms with Gasteiger partial charge in [-0.2, -0.15) is 0 Å². The second-order valence-corrected chi connectivity index (χ2v) is 7.22. The molecule has 1 aromatic carbocycles. The summed E-state index contributed by atoms with van der Waals surface area (Å²) in [5.74, 6) is 0.913. The first-order valence-electron chi connectivity index (χ1n) is 5.16. The van der Waals surface area contributed by atoms with Gasteiger partial charge in [-0.15, -0.1) is 11.3 Å². The van der Waals surface area contributed by atoms with E-state index in [-0.39, 0.29) is 4.83 Å². The topological polar surface area (TPSA) is 9.23 Å². The summed E-state index contributed by atoms with van der Waals surface area (Å²) in [4.78, 5) is 1.48. The number of alkyl halides is 1. The van der Waals surface area contributed by atoms with Crippen molar-refractivity contribution < 1.29 is 4.74 Å². The molecule has 0 bridgehead atoms. The molecule has 0 aliphatic carbocycles. The second-order valence-electron chi connectivity index (χ2n) is 3.67. The zero-order chi connectivity index (χ0) is 12.4. The van der Waals surface area contributed by atoms with Crippen LogP contribution in [0.4, 0.5) is 0 Å². The maximum Gasteiger partial charge on any atom is 0.123 e. The third-order valence-electron chi connectivity index (χ3n) is 2.61. The number of rotatable bonds is 3. The molecule has 1 aromatic heterocycles. The Labute approximate surface area is 122 Å². The smallest absolute Gasteiger partial charge is 0.123 e. The Balaban J connectivity index is 2.43. The van der Waals surface area contributed by atoms with Crippen molar-refractivity contribution in [1.82, 2.24) is 0 Å². The molecule has 2 rings (SSSR count). The highest BCUT2D eigenvalue weighted by Gasteiger charge is 2.18. The molecule has 2 aromatic rings. The number of ether oxygens (including phenoxy) is 1. The first-order chi connectivity index (χ1) is 8.13. The van der Waals surface area contributed by atoms with Crippen molar-refractivity contribution in [2.24, 2.45) is 0 Å². The van der Waals surface area contributed by atoms with E-state index in [1.54, 1.807) is 18.4 Å². The highest BCUT2D eigenvalue weighted by atomic mass is 79.9. The van der Waals surface area contributed by atoms with Crippen LogP contribution in [-0.4, -0.2) is 7.11 Å². The van der Waals surface area contributed by atoms with Crippen LogP contribution in [-0.2, 0) is 0 Å². The molecule has 0 amide bonds. The number of benzene rings is 1. The summed E-state index contributed by atoms with van der Waals surface area (Å²) in [5, 5.41) is 0. The van der Waals surface area contributed by atoms with Crippen molar-refractivity contribution in [2.45, 2.75) is 11.8 Å². The van der Waals surface area contributed by atoms with Crippen molar-refractivity contribution in [2.75, 3.05) is 7.11 Å². The Hall–Kier alpha value is -0.320. The van der Waals surface area contributed by atoms with Crippen LogP contribution in [0.3, 0.4) is 0 Å². The molecule has 0 radical (unpaired) electrons. The molecule has 1 heterocycles. The zero-order valence-electron chi connectivity index (χ0n) is 9.54. The molecule has 0 saturated carbocycles. The van der Waals surface area contributed by atoms with Gasteiger partial charge < -0.3 is 4.74 Å². The Morgan fingerprint density at radius 2 is 1.94 bits per heavy atom.